The summed E-state index contributed by atoms with van der Waals surface area (Å²) in [5.41, 5.74) is 2.14. The van der Waals surface area contributed by atoms with Gasteiger partial charge >= 0.3 is 0 Å². The van der Waals surface area contributed by atoms with Gasteiger partial charge in [-0.25, -0.2) is 4.99 Å². The summed E-state index contributed by atoms with van der Waals surface area (Å²) in [7, 11) is 1.65. The number of aryl methyl sites for hydroxylation is 1. The van der Waals surface area contributed by atoms with Crippen LogP contribution in [0.5, 0.6) is 5.75 Å². The summed E-state index contributed by atoms with van der Waals surface area (Å²) in [5, 5.41) is 11.8. The molecule has 0 amide bonds. The maximum absolute atomic E-state index is 9.81. The third kappa shape index (κ3) is 1.55. The minimum Gasteiger partial charge on any atom is -0.507 e. The van der Waals surface area contributed by atoms with E-state index in [4.69, 9.17) is 4.74 Å². The second-order valence-electron chi connectivity index (χ2n) is 4.15. The molecule has 3 heteroatoms. The van der Waals surface area contributed by atoms with E-state index >= 15 is 0 Å². The number of nitrogens with zero attached hydrogens (tertiary/aromatic N) is 1. The Kier molecular flexibility index (Phi) is 2.25. The predicted molar refractivity (Wildman–Crippen MR) is 68.0 cm³/mol. The molecule has 0 radical (unpaired) electrons. The van der Waals surface area contributed by atoms with Crippen LogP contribution < -0.4 is 0 Å². The minimum absolute atomic E-state index is 0.326. The van der Waals surface area contributed by atoms with Crippen molar-refractivity contribution in [2.45, 2.75) is 12.8 Å². The molecular formula is C14H13NO2. The number of rotatable bonds is 0. The van der Waals surface area contributed by atoms with Gasteiger partial charge in [0, 0.05) is 11.8 Å². The summed E-state index contributed by atoms with van der Waals surface area (Å²) in [6, 6.07) is 9.46. The number of phenols is 1. The van der Waals surface area contributed by atoms with E-state index in [0.29, 0.717) is 5.75 Å². The second kappa shape index (κ2) is 3.77. The van der Waals surface area contributed by atoms with Crippen LogP contribution in [0.3, 0.4) is 0 Å². The first-order valence-corrected chi connectivity index (χ1v) is 5.65. The first-order valence-electron chi connectivity index (χ1n) is 5.65. The van der Waals surface area contributed by atoms with Crippen LogP contribution in [0.25, 0.3) is 10.8 Å². The molecule has 2 aromatic rings. The highest BCUT2D eigenvalue weighted by Gasteiger charge is 2.15. The Morgan fingerprint density at radius 3 is 2.82 bits per heavy atom. The van der Waals surface area contributed by atoms with Gasteiger partial charge in [-0.2, -0.15) is 0 Å². The van der Waals surface area contributed by atoms with Crippen molar-refractivity contribution in [1.29, 1.82) is 0 Å². The fourth-order valence-corrected chi connectivity index (χ4v) is 2.33. The molecule has 3 rings (SSSR count). The molecule has 0 saturated heterocycles. The van der Waals surface area contributed by atoms with E-state index in [1.807, 2.05) is 24.3 Å². The fraction of sp³-hybridized carbons (Fsp3) is 0.214. The molecular weight excluding hydrogens is 214 g/mol. The molecule has 0 aromatic heterocycles. The minimum atomic E-state index is 0.326. The van der Waals surface area contributed by atoms with Gasteiger partial charge in [-0.15, -0.1) is 0 Å². The largest absolute Gasteiger partial charge is 0.507 e. The zero-order valence-corrected chi connectivity index (χ0v) is 9.60. The zero-order valence-electron chi connectivity index (χ0n) is 9.60. The average molecular weight is 227 g/mol. The van der Waals surface area contributed by atoms with Crippen LogP contribution >= 0.6 is 0 Å². The van der Waals surface area contributed by atoms with Crippen molar-refractivity contribution in [3.05, 3.63) is 35.9 Å². The topological polar surface area (TPSA) is 41.8 Å². The Bertz CT molecular complexity index is 617. The molecule has 3 nitrogen and oxygen atoms in total. The number of benzene rings is 2. The lowest BCUT2D eigenvalue weighted by atomic mass is 9.97. The number of hydrogen-bond donors (Lipinski definition) is 1. The summed E-state index contributed by atoms with van der Waals surface area (Å²) in [6.07, 6.45) is 1.72. The molecule has 17 heavy (non-hydrogen) atoms. The van der Waals surface area contributed by atoms with E-state index in [1.165, 1.54) is 5.56 Å². The smallest absolute Gasteiger partial charge is 0.188 e. The van der Waals surface area contributed by atoms with Crippen LogP contribution in [-0.2, 0) is 11.2 Å². The lowest BCUT2D eigenvalue weighted by molar-refractivity contribution is 0.389. The van der Waals surface area contributed by atoms with E-state index in [-0.39, 0.29) is 0 Å². The highest BCUT2D eigenvalue weighted by molar-refractivity contribution is 5.96. The number of aliphatic imine (C=N–C) groups is 1. The molecule has 1 heterocycles. The SMILES string of the molecule is COC1=Nc2ccc3c(O)cccc3c2CC1. The monoisotopic (exact) mass is 227 g/mol. The Labute approximate surface area is 99.4 Å². The Morgan fingerprint density at radius 2 is 2.00 bits per heavy atom. The number of aromatic hydroxyl groups is 1. The lowest BCUT2D eigenvalue weighted by Crippen LogP contribution is -2.07. The van der Waals surface area contributed by atoms with Gasteiger partial charge in [0.05, 0.1) is 12.8 Å². The van der Waals surface area contributed by atoms with E-state index < -0.39 is 0 Å². The molecule has 0 unspecified atom stereocenters. The summed E-state index contributed by atoms with van der Waals surface area (Å²) < 4.78 is 5.18. The van der Waals surface area contributed by atoms with Crippen molar-refractivity contribution >= 4 is 22.4 Å². The lowest BCUT2D eigenvalue weighted by Gasteiger charge is -2.16. The molecule has 1 N–H and O–H groups in total. The Hall–Kier alpha value is -2.03. The normalized spacial score (nSPS) is 14.3. The standard InChI is InChI=1S/C14H13NO2/c1-17-14-8-6-10-9-3-2-4-13(16)11(9)5-7-12(10)15-14/h2-5,7,16H,6,8H2,1H3. The van der Waals surface area contributed by atoms with Crippen molar-refractivity contribution in [3.63, 3.8) is 0 Å². The summed E-state index contributed by atoms with van der Waals surface area (Å²) in [5.74, 6) is 1.10. The van der Waals surface area contributed by atoms with E-state index in [2.05, 4.69) is 4.99 Å². The van der Waals surface area contributed by atoms with Crippen molar-refractivity contribution in [1.82, 2.24) is 0 Å². The van der Waals surface area contributed by atoms with Gasteiger partial charge in [0.2, 0.25) is 0 Å². The molecule has 0 atom stereocenters. The molecule has 0 fully saturated rings. The molecule has 86 valence electrons. The van der Waals surface area contributed by atoms with Crippen LogP contribution in [-0.4, -0.2) is 18.1 Å². The zero-order chi connectivity index (χ0) is 11.8. The van der Waals surface area contributed by atoms with Gasteiger partial charge in [-0.1, -0.05) is 12.1 Å². The Morgan fingerprint density at radius 1 is 1.12 bits per heavy atom. The molecule has 1 aliphatic heterocycles. The van der Waals surface area contributed by atoms with Gasteiger partial charge in [0.15, 0.2) is 5.90 Å². The molecule has 2 aromatic carbocycles. The third-order valence-corrected chi connectivity index (χ3v) is 3.19. The van der Waals surface area contributed by atoms with E-state index in [9.17, 15) is 5.11 Å². The van der Waals surface area contributed by atoms with Crippen molar-refractivity contribution < 1.29 is 9.84 Å². The summed E-state index contributed by atoms with van der Waals surface area (Å²) >= 11 is 0. The van der Waals surface area contributed by atoms with Gasteiger partial charge in [-0.3, -0.25) is 0 Å². The van der Waals surface area contributed by atoms with Gasteiger partial charge in [-0.05, 0) is 35.6 Å². The molecule has 0 bridgehead atoms. The number of ether oxygens (including phenoxy) is 1. The average Bonchev–Trinajstić information content (AvgIpc) is 2.38. The highest BCUT2D eigenvalue weighted by Crippen LogP contribution is 2.35. The first kappa shape index (κ1) is 10.1. The maximum atomic E-state index is 9.81. The van der Waals surface area contributed by atoms with Gasteiger partial charge in [0.25, 0.3) is 0 Å². The summed E-state index contributed by atoms with van der Waals surface area (Å²) in [4.78, 5) is 4.46. The molecule has 0 aliphatic carbocycles. The third-order valence-electron chi connectivity index (χ3n) is 3.19. The van der Waals surface area contributed by atoms with Crippen molar-refractivity contribution in [2.75, 3.05) is 7.11 Å². The number of phenolic OH excluding ortho intramolecular Hbond substituents is 1. The molecule has 0 spiro atoms. The maximum Gasteiger partial charge on any atom is 0.188 e. The van der Waals surface area contributed by atoms with Crippen LogP contribution in [0.1, 0.15) is 12.0 Å². The summed E-state index contributed by atoms with van der Waals surface area (Å²) in [6.45, 7) is 0. The highest BCUT2D eigenvalue weighted by atomic mass is 16.5. The molecule has 0 saturated carbocycles. The van der Waals surface area contributed by atoms with Crippen LogP contribution in [0.4, 0.5) is 5.69 Å². The number of hydrogen-bond acceptors (Lipinski definition) is 3. The van der Waals surface area contributed by atoms with Crippen LogP contribution in [0, 0.1) is 0 Å². The fourth-order valence-electron chi connectivity index (χ4n) is 2.33. The van der Waals surface area contributed by atoms with Crippen LogP contribution in [0.15, 0.2) is 35.3 Å². The Balaban J connectivity index is 2.28. The molecule has 1 aliphatic rings. The van der Waals surface area contributed by atoms with Gasteiger partial charge in [0.1, 0.15) is 5.75 Å². The van der Waals surface area contributed by atoms with Crippen LogP contribution in [0.2, 0.25) is 0 Å². The van der Waals surface area contributed by atoms with E-state index in [0.717, 1.165) is 35.2 Å². The first-order chi connectivity index (χ1) is 8.29. The van der Waals surface area contributed by atoms with E-state index in [1.54, 1.807) is 13.2 Å². The number of fused-ring (bicyclic) bond motifs is 3. The number of methoxy groups -OCH3 is 1. The second-order valence-corrected chi connectivity index (χ2v) is 4.15. The predicted octanol–water partition coefficient (Wildman–Crippen LogP) is 3.17. The van der Waals surface area contributed by atoms with Crippen molar-refractivity contribution in [2.24, 2.45) is 4.99 Å². The van der Waals surface area contributed by atoms with Crippen molar-refractivity contribution in [3.8, 4) is 5.75 Å². The van der Waals surface area contributed by atoms with Gasteiger partial charge < -0.3 is 9.84 Å². The quantitative estimate of drug-likeness (QED) is 0.751.